The van der Waals surface area contributed by atoms with Crippen LogP contribution in [0.1, 0.15) is 91.8 Å². The summed E-state index contributed by atoms with van der Waals surface area (Å²) in [6.07, 6.45) is 7.48. The smallest absolute Gasteiger partial charge is 0.338 e. The van der Waals surface area contributed by atoms with Crippen molar-refractivity contribution in [3.05, 3.63) is 41.5 Å². The topological polar surface area (TPSA) is 119 Å². The summed E-state index contributed by atoms with van der Waals surface area (Å²) in [5.41, 5.74) is -2.31. The Hall–Kier alpha value is -2.71. The lowest BCUT2D eigenvalue weighted by Crippen LogP contribution is -2.67. The molecule has 206 valence electrons. The summed E-state index contributed by atoms with van der Waals surface area (Å²) in [4.78, 5) is 39.3. The number of hydrogen-bond acceptors (Lipinski definition) is 8. The van der Waals surface area contributed by atoms with E-state index in [4.69, 9.17) is 14.2 Å². The highest BCUT2D eigenvalue weighted by molar-refractivity contribution is 5.97. The van der Waals surface area contributed by atoms with Crippen molar-refractivity contribution in [3.63, 3.8) is 0 Å². The van der Waals surface area contributed by atoms with Crippen molar-refractivity contribution in [2.45, 2.75) is 93.5 Å². The van der Waals surface area contributed by atoms with Gasteiger partial charge in [-0.1, -0.05) is 6.58 Å². The van der Waals surface area contributed by atoms with E-state index >= 15 is 0 Å². The van der Waals surface area contributed by atoms with E-state index in [1.165, 1.54) is 25.1 Å². The van der Waals surface area contributed by atoms with Crippen molar-refractivity contribution < 1.29 is 38.8 Å². The lowest BCUT2D eigenvalue weighted by Gasteiger charge is -2.64. The maximum atomic E-state index is 13.5. The highest BCUT2D eigenvalue weighted by Gasteiger charge is 2.92. The van der Waals surface area contributed by atoms with E-state index in [-0.39, 0.29) is 33.8 Å². The molecule has 0 heterocycles. The zero-order valence-corrected chi connectivity index (χ0v) is 22.2. The second kappa shape index (κ2) is 7.13. The van der Waals surface area contributed by atoms with Crippen LogP contribution in [0.25, 0.3) is 0 Å². The standard InChI is InChI=1S/C31H34O8/c1-16(2)24(32)37-22-5-19(25(33)38-28-9-17-3-18(10-28)8-27(35,7-17)13-28)4-20(6-22)26(34)39-30-11-21-12-31(36)15-29(31,14-30)23(21)30/h4-6,17-18,21,23,35-36H,1,3,7-15H2,2H3. The van der Waals surface area contributed by atoms with Crippen molar-refractivity contribution in [2.75, 3.05) is 0 Å². The molecule has 7 unspecified atom stereocenters. The van der Waals surface area contributed by atoms with Crippen molar-refractivity contribution in [1.82, 2.24) is 0 Å². The van der Waals surface area contributed by atoms with Gasteiger partial charge in [-0.25, -0.2) is 14.4 Å². The summed E-state index contributed by atoms with van der Waals surface area (Å²) in [6, 6.07) is 4.27. The third-order valence-corrected chi connectivity index (χ3v) is 11.4. The molecule has 0 amide bonds. The van der Waals surface area contributed by atoms with Crippen LogP contribution in [0, 0.1) is 29.1 Å². The van der Waals surface area contributed by atoms with Gasteiger partial charge in [-0.3, -0.25) is 0 Å². The lowest BCUT2D eigenvalue weighted by atomic mass is 9.45. The molecule has 0 aliphatic heterocycles. The molecule has 2 N–H and O–H groups in total. The van der Waals surface area contributed by atoms with Gasteiger partial charge in [0.1, 0.15) is 17.0 Å². The van der Waals surface area contributed by atoms with Crippen LogP contribution in [-0.4, -0.2) is 50.5 Å². The third kappa shape index (κ3) is 3.22. The summed E-state index contributed by atoms with van der Waals surface area (Å²) in [6.45, 7) is 5.13. The zero-order valence-electron chi connectivity index (χ0n) is 22.2. The largest absolute Gasteiger partial charge is 0.455 e. The molecular formula is C31H34O8. The molecular weight excluding hydrogens is 500 g/mol. The molecule has 1 spiro atoms. The number of hydrogen-bond donors (Lipinski definition) is 2. The second-order valence-corrected chi connectivity index (χ2v) is 14.3. The molecule has 7 atom stereocenters. The first kappa shape index (κ1) is 24.1. The molecule has 8 nitrogen and oxygen atoms in total. The Kier molecular flexibility index (Phi) is 4.41. The van der Waals surface area contributed by atoms with E-state index in [0.717, 1.165) is 51.4 Å². The molecule has 1 aromatic rings. The summed E-state index contributed by atoms with van der Waals surface area (Å²) in [5.74, 6) is -0.522. The van der Waals surface area contributed by atoms with Crippen molar-refractivity contribution in [1.29, 1.82) is 0 Å². The number of rotatable bonds is 6. The fourth-order valence-electron chi connectivity index (χ4n) is 10.6. The van der Waals surface area contributed by atoms with Crippen LogP contribution in [0.2, 0.25) is 0 Å². The zero-order chi connectivity index (χ0) is 27.2. The molecule has 9 rings (SSSR count). The summed E-state index contributed by atoms with van der Waals surface area (Å²) < 4.78 is 17.6. The first-order chi connectivity index (χ1) is 18.3. The van der Waals surface area contributed by atoms with Crippen LogP contribution in [0.4, 0.5) is 0 Å². The third-order valence-electron chi connectivity index (χ3n) is 11.4. The average Bonchev–Trinajstić information content (AvgIpc) is 3.36. The molecule has 0 aromatic heterocycles. The van der Waals surface area contributed by atoms with Crippen LogP contribution in [0.5, 0.6) is 5.75 Å². The Morgan fingerprint density at radius 2 is 1.54 bits per heavy atom. The Labute approximate surface area is 226 Å². The highest BCUT2D eigenvalue weighted by atomic mass is 16.6. The van der Waals surface area contributed by atoms with E-state index in [2.05, 4.69) is 6.58 Å². The van der Waals surface area contributed by atoms with Crippen molar-refractivity contribution >= 4 is 17.9 Å². The quantitative estimate of drug-likeness (QED) is 0.321. The number of carbonyl (C=O) groups is 3. The Morgan fingerprint density at radius 3 is 2.15 bits per heavy atom. The lowest BCUT2D eigenvalue weighted by molar-refractivity contribution is -0.241. The molecule has 8 heteroatoms. The van der Waals surface area contributed by atoms with Crippen LogP contribution in [0.3, 0.4) is 0 Å². The van der Waals surface area contributed by atoms with Crippen LogP contribution in [-0.2, 0) is 14.3 Å². The van der Waals surface area contributed by atoms with Gasteiger partial charge in [0.25, 0.3) is 0 Å². The Bertz CT molecular complexity index is 1370. The van der Waals surface area contributed by atoms with Gasteiger partial charge in [0.2, 0.25) is 0 Å². The van der Waals surface area contributed by atoms with Crippen molar-refractivity contribution in [3.8, 4) is 5.75 Å². The fourth-order valence-corrected chi connectivity index (χ4v) is 10.6. The van der Waals surface area contributed by atoms with E-state index in [9.17, 15) is 24.6 Å². The molecule has 39 heavy (non-hydrogen) atoms. The molecule has 8 aliphatic carbocycles. The summed E-state index contributed by atoms with van der Waals surface area (Å²) in [7, 11) is 0. The van der Waals surface area contributed by atoms with Crippen molar-refractivity contribution in [2.24, 2.45) is 29.1 Å². The van der Waals surface area contributed by atoms with E-state index in [0.29, 0.717) is 30.6 Å². The summed E-state index contributed by atoms with van der Waals surface area (Å²) in [5, 5.41) is 21.8. The van der Waals surface area contributed by atoms with Gasteiger partial charge in [-0.05, 0) is 101 Å². The van der Waals surface area contributed by atoms with Gasteiger partial charge in [-0.2, -0.15) is 0 Å². The van der Waals surface area contributed by atoms with Gasteiger partial charge in [0.05, 0.1) is 22.3 Å². The van der Waals surface area contributed by atoms with E-state index in [1.807, 2.05) is 0 Å². The first-order valence-electron chi connectivity index (χ1n) is 14.3. The minimum absolute atomic E-state index is 0.0417. The predicted octanol–water partition coefficient (Wildman–Crippen LogP) is 3.87. The number of benzene rings is 1. The molecule has 1 aromatic carbocycles. The van der Waals surface area contributed by atoms with E-state index in [1.54, 1.807) is 0 Å². The van der Waals surface area contributed by atoms with Gasteiger partial charge in [-0.15, -0.1) is 0 Å². The SMILES string of the molecule is C=C(C)C(=O)Oc1cc(C(=O)OC23CC4CC(CC(O)(C4)C2)C3)cc(C(=O)OC23CC4CC5(O)CC5(C2)C43)c1. The fraction of sp³-hybridized carbons (Fsp3) is 0.645. The van der Waals surface area contributed by atoms with Gasteiger partial charge < -0.3 is 24.4 Å². The maximum absolute atomic E-state index is 13.5. The molecule has 0 radical (unpaired) electrons. The average molecular weight is 535 g/mol. The normalized spacial score (nSPS) is 46.7. The molecule has 8 aliphatic rings. The van der Waals surface area contributed by atoms with E-state index < -0.39 is 40.3 Å². The minimum Gasteiger partial charge on any atom is -0.455 e. The number of esters is 3. The second-order valence-electron chi connectivity index (χ2n) is 14.3. The molecule has 8 saturated carbocycles. The number of carbonyl (C=O) groups excluding carboxylic acids is 3. The van der Waals surface area contributed by atoms with Crippen LogP contribution >= 0.6 is 0 Å². The summed E-state index contributed by atoms with van der Waals surface area (Å²) >= 11 is 0. The van der Waals surface area contributed by atoms with Gasteiger partial charge >= 0.3 is 17.9 Å². The Morgan fingerprint density at radius 1 is 0.872 bits per heavy atom. The molecule has 8 fully saturated rings. The number of ether oxygens (including phenoxy) is 3. The highest BCUT2D eigenvalue weighted by Crippen LogP contribution is 2.89. The van der Waals surface area contributed by atoms with Crippen LogP contribution < -0.4 is 4.74 Å². The van der Waals surface area contributed by atoms with Gasteiger partial charge in [0.15, 0.2) is 0 Å². The van der Waals surface area contributed by atoms with Crippen LogP contribution in [0.15, 0.2) is 30.4 Å². The monoisotopic (exact) mass is 534 g/mol. The minimum atomic E-state index is -0.785. The molecule has 4 bridgehead atoms. The maximum Gasteiger partial charge on any atom is 0.338 e. The van der Waals surface area contributed by atoms with Gasteiger partial charge in [0, 0.05) is 23.3 Å². The Balaban J connectivity index is 1.06. The molecule has 0 saturated heterocycles. The predicted molar refractivity (Wildman–Crippen MR) is 136 cm³/mol. The number of aliphatic hydroxyl groups is 2. The first-order valence-corrected chi connectivity index (χ1v) is 14.3.